The van der Waals surface area contributed by atoms with Crippen LogP contribution in [0.5, 0.6) is 5.75 Å². The minimum atomic E-state index is 0.733. The van der Waals surface area contributed by atoms with Gasteiger partial charge in [-0.25, -0.2) is 0 Å². The van der Waals surface area contributed by atoms with E-state index in [2.05, 4.69) is 10.2 Å². The number of halogens is 1. The third-order valence-electron chi connectivity index (χ3n) is 3.54. The minimum Gasteiger partial charge on any atom is -0.492 e. The van der Waals surface area contributed by atoms with E-state index in [1.807, 2.05) is 25.2 Å². The van der Waals surface area contributed by atoms with Gasteiger partial charge in [-0.3, -0.25) is 4.90 Å². The van der Waals surface area contributed by atoms with Crippen LogP contribution in [0.15, 0.2) is 18.2 Å². The van der Waals surface area contributed by atoms with Crippen LogP contribution in [0.3, 0.4) is 0 Å². The molecule has 19 heavy (non-hydrogen) atoms. The maximum atomic E-state index is 6.21. The molecule has 2 rings (SSSR count). The number of hydrogen-bond donors (Lipinski definition) is 1. The summed E-state index contributed by atoms with van der Waals surface area (Å²) in [6.07, 6.45) is 4.02. The summed E-state index contributed by atoms with van der Waals surface area (Å²) >= 11 is 6.21. The Labute approximate surface area is 120 Å². The second-order valence-corrected chi connectivity index (χ2v) is 5.40. The SMILES string of the molecule is CNCc1c(Cl)cccc1OCCN1CCCCC1. The van der Waals surface area contributed by atoms with Gasteiger partial charge >= 0.3 is 0 Å². The van der Waals surface area contributed by atoms with Crippen molar-refractivity contribution in [1.82, 2.24) is 10.2 Å². The van der Waals surface area contributed by atoms with Crippen molar-refractivity contribution in [3.63, 3.8) is 0 Å². The number of ether oxygens (including phenoxy) is 1. The van der Waals surface area contributed by atoms with E-state index in [-0.39, 0.29) is 0 Å². The monoisotopic (exact) mass is 282 g/mol. The number of nitrogens with one attached hydrogen (secondary N) is 1. The molecular formula is C15H23ClN2O. The topological polar surface area (TPSA) is 24.5 Å². The summed E-state index contributed by atoms with van der Waals surface area (Å²) in [5.74, 6) is 0.902. The van der Waals surface area contributed by atoms with Crippen LogP contribution in [0, 0.1) is 0 Å². The smallest absolute Gasteiger partial charge is 0.125 e. The largest absolute Gasteiger partial charge is 0.492 e. The molecule has 0 unspecified atom stereocenters. The molecule has 1 N–H and O–H groups in total. The Hall–Kier alpha value is -0.770. The lowest BCUT2D eigenvalue weighted by atomic mass is 10.1. The van der Waals surface area contributed by atoms with E-state index in [4.69, 9.17) is 16.3 Å². The number of hydrogen-bond acceptors (Lipinski definition) is 3. The van der Waals surface area contributed by atoms with Crippen molar-refractivity contribution in [3.05, 3.63) is 28.8 Å². The maximum absolute atomic E-state index is 6.21. The van der Waals surface area contributed by atoms with E-state index >= 15 is 0 Å². The molecule has 1 saturated heterocycles. The van der Waals surface area contributed by atoms with Crippen molar-refractivity contribution < 1.29 is 4.74 Å². The fraction of sp³-hybridized carbons (Fsp3) is 0.600. The summed E-state index contributed by atoms with van der Waals surface area (Å²) in [6.45, 7) is 4.89. The highest BCUT2D eigenvalue weighted by molar-refractivity contribution is 6.31. The van der Waals surface area contributed by atoms with Crippen molar-refractivity contribution in [2.45, 2.75) is 25.8 Å². The molecule has 1 fully saturated rings. The maximum Gasteiger partial charge on any atom is 0.125 e. The summed E-state index contributed by atoms with van der Waals surface area (Å²) < 4.78 is 5.91. The Morgan fingerprint density at radius 2 is 2.05 bits per heavy atom. The fourth-order valence-electron chi connectivity index (χ4n) is 2.49. The molecule has 3 nitrogen and oxygen atoms in total. The van der Waals surface area contributed by atoms with Crippen LogP contribution in [0.1, 0.15) is 24.8 Å². The third-order valence-corrected chi connectivity index (χ3v) is 3.90. The molecule has 1 aliphatic rings. The predicted molar refractivity (Wildman–Crippen MR) is 80.0 cm³/mol. The molecule has 0 radical (unpaired) electrons. The second kappa shape index (κ2) is 7.73. The summed E-state index contributed by atoms with van der Waals surface area (Å²) in [5, 5.41) is 3.90. The third kappa shape index (κ3) is 4.37. The molecule has 1 heterocycles. The Balaban J connectivity index is 1.86. The standard InChI is InChI=1S/C15H23ClN2O/c1-17-12-13-14(16)6-5-7-15(13)19-11-10-18-8-3-2-4-9-18/h5-7,17H,2-4,8-12H2,1H3. The molecule has 1 aromatic rings. The van der Waals surface area contributed by atoms with Gasteiger partial charge in [0.15, 0.2) is 0 Å². The highest BCUT2D eigenvalue weighted by atomic mass is 35.5. The fourth-order valence-corrected chi connectivity index (χ4v) is 2.72. The van der Waals surface area contributed by atoms with Gasteiger partial charge in [0, 0.05) is 23.7 Å². The van der Waals surface area contributed by atoms with Crippen LogP contribution in [0.4, 0.5) is 0 Å². The van der Waals surface area contributed by atoms with Crippen molar-refractivity contribution in [2.75, 3.05) is 33.3 Å². The van der Waals surface area contributed by atoms with E-state index in [0.717, 1.165) is 36.0 Å². The molecule has 0 spiro atoms. The van der Waals surface area contributed by atoms with Gasteiger partial charge in [0.1, 0.15) is 12.4 Å². The molecule has 0 aliphatic carbocycles. The van der Waals surface area contributed by atoms with Gasteiger partial charge in [0.2, 0.25) is 0 Å². The lowest BCUT2D eigenvalue weighted by molar-refractivity contribution is 0.182. The van der Waals surface area contributed by atoms with Gasteiger partial charge < -0.3 is 10.1 Å². The van der Waals surface area contributed by atoms with Gasteiger partial charge in [0.25, 0.3) is 0 Å². The zero-order chi connectivity index (χ0) is 13.5. The summed E-state index contributed by atoms with van der Waals surface area (Å²) in [6, 6.07) is 5.85. The molecule has 4 heteroatoms. The van der Waals surface area contributed by atoms with E-state index < -0.39 is 0 Å². The highest BCUT2D eigenvalue weighted by Crippen LogP contribution is 2.26. The first kappa shape index (κ1) is 14.6. The van der Waals surface area contributed by atoms with Gasteiger partial charge in [-0.2, -0.15) is 0 Å². The van der Waals surface area contributed by atoms with E-state index in [0.29, 0.717) is 0 Å². The van der Waals surface area contributed by atoms with Crippen LogP contribution in [-0.4, -0.2) is 38.2 Å². The zero-order valence-electron chi connectivity index (χ0n) is 11.6. The summed E-state index contributed by atoms with van der Waals surface area (Å²) in [7, 11) is 1.92. The van der Waals surface area contributed by atoms with Crippen LogP contribution < -0.4 is 10.1 Å². The van der Waals surface area contributed by atoms with Crippen molar-refractivity contribution in [1.29, 1.82) is 0 Å². The molecule has 106 valence electrons. The van der Waals surface area contributed by atoms with Crippen LogP contribution >= 0.6 is 11.6 Å². The Morgan fingerprint density at radius 3 is 2.79 bits per heavy atom. The first-order valence-electron chi connectivity index (χ1n) is 7.08. The van der Waals surface area contributed by atoms with E-state index in [1.165, 1.54) is 32.4 Å². The molecule has 0 bridgehead atoms. The van der Waals surface area contributed by atoms with Crippen LogP contribution in [0.25, 0.3) is 0 Å². The minimum absolute atomic E-state index is 0.733. The number of rotatable bonds is 6. The second-order valence-electron chi connectivity index (χ2n) is 5.00. The molecular weight excluding hydrogens is 260 g/mol. The molecule has 0 amide bonds. The quantitative estimate of drug-likeness (QED) is 0.868. The molecule has 0 aromatic heterocycles. The van der Waals surface area contributed by atoms with Gasteiger partial charge in [-0.05, 0) is 45.1 Å². The van der Waals surface area contributed by atoms with E-state index in [9.17, 15) is 0 Å². The zero-order valence-corrected chi connectivity index (χ0v) is 12.4. The summed E-state index contributed by atoms with van der Waals surface area (Å²) in [4.78, 5) is 2.48. The van der Waals surface area contributed by atoms with Crippen LogP contribution in [0.2, 0.25) is 5.02 Å². The number of piperidine rings is 1. The predicted octanol–water partition coefficient (Wildman–Crippen LogP) is 2.92. The van der Waals surface area contributed by atoms with Gasteiger partial charge in [-0.15, -0.1) is 0 Å². The first-order chi connectivity index (χ1) is 9.31. The Kier molecular flexibility index (Phi) is 5.95. The lowest BCUT2D eigenvalue weighted by Crippen LogP contribution is -2.33. The summed E-state index contributed by atoms with van der Waals surface area (Å²) in [5.41, 5.74) is 1.05. The van der Waals surface area contributed by atoms with Crippen molar-refractivity contribution >= 4 is 11.6 Å². The number of benzene rings is 1. The average Bonchev–Trinajstić information content (AvgIpc) is 2.44. The van der Waals surface area contributed by atoms with E-state index in [1.54, 1.807) is 0 Å². The Morgan fingerprint density at radius 1 is 1.26 bits per heavy atom. The normalized spacial score (nSPS) is 16.5. The molecule has 0 saturated carbocycles. The first-order valence-corrected chi connectivity index (χ1v) is 7.46. The lowest BCUT2D eigenvalue weighted by Gasteiger charge is -2.26. The molecule has 0 atom stereocenters. The number of likely N-dealkylation sites (tertiary alicyclic amines) is 1. The number of nitrogens with zero attached hydrogens (tertiary/aromatic N) is 1. The van der Waals surface area contributed by atoms with Gasteiger partial charge in [-0.1, -0.05) is 24.1 Å². The highest BCUT2D eigenvalue weighted by Gasteiger charge is 2.11. The molecule has 1 aliphatic heterocycles. The molecule has 1 aromatic carbocycles. The average molecular weight is 283 g/mol. The van der Waals surface area contributed by atoms with Crippen LogP contribution in [-0.2, 0) is 6.54 Å². The van der Waals surface area contributed by atoms with Crippen molar-refractivity contribution in [3.8, 4) is 5.75 Å². The van der Waals surface area contributed by atoms with Gasteiger partial charge in [0.05, 0.1) is 0 Å². The van der Waals surface area contributed by atoms with Crippen molar-refractivity contribution in [2.24, 2.45) is 0 Å². The Bertz CT molecular complexity index is 392.